The first-order chi connectivity index (χ1) is 12.9. The molecule has 0 spiro atoms. The highest BCUT2D eigenvalue weighted by Crippen LogP contribution is 2.16. The van der Waals surface area contributed by atoms with Crippen molar-refractivity contribution in [1.29, 1.82) is 0 Å². The van der Waals surface area contributed by atoms with Gasteiger partial charge in [-0.05, 0) is 24.6 Å². The normalized spacial score (nSPS) is 12.2. The van der Waals surface area contributed by atoms with Gasteiger partial charge in [0.1, 0.15) is 0 Å². The predicted molar refractivity (Wildman–Crippen MR) is 108 cm³/mol. The third kappa shape index (κ3) is 4.12. The molecule has 0 radical (unpaired) electrons. The molecule has 8 nitrogen and oxygen atoms in total. The van der Waals surface area contributed by atoms with Gasteiger partial charge in [0.2, 0.25) is 5.95 Å². The quantitative estimate of drug-likeness (QED) is 0.502. The lowest BCUT2D eigenvalue weighted by atomic mass is 10.2. The minimum atomic E-state index is -0.544. The number of rotatable bonds is 5. The summed E-state index contributed by atoms with van der Waals surface area (Å²) in [7, 11) is 1.53. The summed E-state index contributed by atoms with van der Waals surface area (Å²) in [6.45, 7) is 2.01. The van der Waals surface area contributed by atoms with Crippen LogP contribution in [0.3, 0.4) is 0 Å². The molecule has 2 heterocycles. The second-order valence-electron chi connectivity index (χ2n) is 5.75. The van der Waals surface area contributed by atoms with Crippen molar-refractivity contribution >= 4 is 46.5 Å². The molecule has 0 unspecified atom stereocenters. The van der Waals surface area contributed by atoms with E-state index < -0.39 is 11.2 Å². The summed E-state index contributed by atoms with van der Waals surface area (Å²) in [5.74, 6) is 0.302. The number of aromatic amines is 1. The van der Waals surface area contributed by atoms with E-state index in [1.807, 2.05) is 12.1 Å². The van der Waals surface area contributed by atoms with Crippen LogP contribution in [0, 0.1) is 0 Å². The van der Waals surface area contributed by atoms with Gasteiger partial charge in [-0.3, -0.25) is 18.9 Å². The molecule has 3 aromatic rings. The molecule has 0 saturated heterocycles. The molecule has 0 aliphatic rings. The summed E-state index contributed by atoms with van der Waals surface area (Å²) < 4.78 is 2.86. The third-order valence-corrected chi connectivity index (χ3v) is 4.22. The largest absolute Gasteiger partial charge is 0.329 e. The van der Waals surface area contributed by atoms with E-state index in [9.17, 15) is 9.59 Å². The minimum absolute atomic E-state index is 0.244. The standard InChI is InChI=1S/C17H16Cl2N6O2/c1-10(18)7-8-25-13-14(24(2)17(27)22-15(13)26)21-16(25)23-20-9-11-3-5-12(19)6-4-11/h3-7,9H,8H2,1-2H3,(H,21,23)(H,22,26,27)/b10-7+,20-9+. The number of aromatic nitrogens is 4. The number of aryl methyl sites for hydroxylation is 1. The van der Waals surface area contributed by atoms with Gasteiger partial charge >= 0.3 is 5.69 Å². The topological polar surface area (TPSA) is 97.1 Å². The van der Waals surface area contributed by atoms with Gasteiger partial charge in [0.25, 0.3) is 5.56 Å². The lowest BCUT2D eigenvalue weighted by molar-refractivity contribution is 0.818. The Morgan fingerprint density at radius 3 is 2.70 bits per heavy atom. The van der Waals surface area contributed by atoms with E-state index in [2.05, 4.69) is 20.5 Å². The maximum atomic E-state index is 12.3. The molecule has 0 atom stereocenters. The predicted octanol–water partition coefficient (Wildman–Crippen LogP) is 2.67. The number of anilines is 1. The van der Waals surface area contributed by atoms with Crippen LogP contribution in [0.1, 0.15) is 12.5 Å². The molecule has 27 heavy (non-hydrogen) atoms. The Bertz CT molecular complexity index is 1150. The zero-order chi connectivity index (χ0) is 19.6. The van der Waals surface area contributed by atoms with Crippen LogP contribution in [0.2, 0.25) is 5.02 Å². The van der Waals surface area contributed by atoms with Crippen molar-refractivity contribution in [3.63, 3.8) is 0 Å². The number of benzene rings is 1. The minimum Gasteiger partial charge on any atom is -0.299 e. The number of imidazole rings is 1. The Hall–Kier alpha value is -2.84. The van der Waals surface area contributed by atoms with Crippen LogP contribution in [0.25, 0.3) is 11.2 Å². The van der Waals surface area contributed by atoms with Crippen molar-refractivity contribution in [1.82, 2.24) is 19.1 Å². The lowest BCUT2D eigenvalue weighted by Crippen LogP contribution is -2.29. The molecule has 0 fully saturated rings. The van der Waals surface area contributed by atoms with E-state index in [4.69, 9.17) is 23.2 Å². The van der Waals surface area contributed by atoms with E-state index in [-0.39, 0.29) is 17.7 Å². The van der Waals surface area contributed by atoms with Gasteiger partial charge in [-0.2, -0.15) is 10.1 Å². The molecule has 0 amide bonds. The Morgan fingerprint density at radius 1 is 1.33 bits per heavy atom. The Balaban J connectivity index is 2.04. The molecule has 0 saturated carbocycles. The van der Waals surface area contributed by atoms with Gasteiger partial charge in [0.05, 0.1) is 6.21 Å². The van der Waals surface area contributed by atoms with Crippen molar-refractivity contribution in [2.24, 2.45) is 12.1 Å². The second kappa shape index (κ2) is 7.81. The molecule has 2 aromatic heterocycles. The summed E-state index contributed by atoms with van der Waals surface area (Å²) in [5, 5.41) is 5.35. The maximum absolute atomic E-state index is 12.3. The molecule has 1 aromatic carbocycles. The number of hydrogen-bond acceptors (Lipinski definition) is 5. The van der Waals surface area contributed by atoms with Crippen LogP contribution < -0.4 is 16.7 Å². The van der Waals surface area contributed by atoms with Crippen LogP contribution in [-0.4, -0.2) is 25.3 Å². The molecule has 140 valence electrons. The van der Waals surface area contributed by atoms with E-state index in [0.717, 1.165) is 5.56 Å². The maximum Gasteiger partial charge on any atom is 0.329 e. The average Bonchev–Trinajstić information content (AvgIpc) is 2.99. The molecule has 2 N–H and O–H groups in total. The van der Waals surface area contributed by atoms with Crippen LogP contribution in [0.15, 0.2) is 50.1 Å². The molecule has 3 rings (SSSR count). The van der Waals surface area contributed by atoms with Gasteiger partial charge < -0.3 is 0 Å². The van der Waals surface area contributed by atoms with Crippen molar-refractivity contribution in [3.05, 3.63) is 66.8 Å². The van der Waals surface area contributed by atoms with E-state index in [1.54, 1.807) is 35.9 Å². The zero-order valence-corrected chi connectivity index (χ0v) is 16.0. The number of nitrogens with zero attached hydrogens (tertiary/aromatic N) is 4. The van der Waals surface area contributed by atoms with Crippen molar-refractivity contribution in [2.75, 3.05) is 5.43 Å². The number of hydrazone groups is 1. The summed E-state index contributed by atoms with van der Waals surface area (Å²) in [4.78, 5) is 30.7. The van der Waals surface area contributed by atoms with Gasteiger partial charge in [-0.15, -0.1) is 0 Å². The van der Waals surface area contributed by atoms with Crippen LogP contribution in [-0.2, 0) is 13.6 Å². The summed E-state index contributed by atoms with van der Waals surface area (Å²) in [6.07, 6.45) is 3.31. The van der Waals surface area contributed by atoms with Gasteiger partial charge in [0, 0.05) is 23.6 Å². The second-order valence-corrected chi connectivity index (χ2v) is 6.78. The SMILES string of the molecule is C/C(Cl)=C\Cn1c(N/N=C/c2ccc(Cl)cc2)nc2c1c(=O)[nH]c(=O)n2C. The smallest absolute Gasteiger partial charge is 0.299 e. The number of H-pyrrole nitrogens is 1. The summed E-state index contributed by atoms with van der Waals surface area (Å²) in [6, 6.07) is 7.12. The van der Waals surface area contributed by atoms with Crippen molar-refractivity contribution < 1.29 is 0 Å². The number of halogens is 2. The Kier molecular flexibility index (Phi) is 5.48. The number of hydrogen-bond donors (Lipinski definition) is 2. The first-order valence-corrected chi connectivity index (χ1v) is 8.69. The third-order valence-electron chi connectivity index (χ3n) is 3.81. The molecule has 10 heteroatoms. The molecular weight excluding hydrogens is 391 g/mol. The number of fused-ring (bicyclic) bond motifs is 1. The van der Waals surface area contributed by atoms with E-state index in [1.165, 1.54) is 11.6 Å². The van der Waals surface area contributed by atoms with E-state index >= 15 is 0 Å². The summed E-state index contributed by atoms with van der Waals surface area (Å²) >= 11 is 11.8. The van der Waals surface area contributed by atoms with Gasteiger partial charge in [0.15, 0.2) is 11.2 Å². The zero-order valence-electron chi connectivity index (χ0n) is 14.5. The molecule has 0 aliphatic heterocycles. The molecule has 0 aliphatic carbocycles. The van der Waals surface area contributed by atoms with Gasteiger partial charge in [-0.1, -0.05) is 41.4 Å². The highest BCUT2D eigenvalue weighted by Gasteiger charge is 2.16. The van der Waals surface area contributed by atoms with E-state index in [0.29, 0.717) is 16.0 Å². The highest BCUT2D eigenvalue weighted by molar-refractivity contribution is 6.30. The summed E-state index contributed by atoms with van der Waals surface area (Å²) in [5.41, 5.74) is 3.06. The van der Waals surface area contributed by atoms with Crippen LogP contribution in [0.4, 0.5) is 5.95 Å². The first-order valence-electron chi connectivity index (χ1n) is 7.93. The fraction of sp³-hybridized carbons (Fsp3) is 0.176. The average molecular weight is 407 g/mol. The first kappa shape index (κ1) is 18.9. The molecular formula is C17H16Cl2N6O2. The lowest BCUT2D eigenvalue weighted by Gasteiger charge is -2.05. The monoisotopic (exact) mass is 406 g/mol. The molecule has 0 bridgehead atoms. The highest BCUT2D eigenvalue weighted by atomic mass is 35.5. The number of allylic oxidation sites excluding steroid dienone is 2. The fourth-order valence-corrected chi connectivity index (χ4v) is 2.62. The van der Waals surface area contributed by atoms with Gasteiger partial charge in [-0.25, -0.2) is 10.2 Å². The van der Waals surface area contributed by atoms with Crippen molar-refractivity contribution in [2.45, 2.75) is 13.5 Å². The van der Waals surface area contributed by atoms with Crippen molar-refractivity contribution in [3.8, 4) is 0 Å². The number of nitrogens with one attached hydrogen (secondary N) is 2. The van der Waals surface area contributed by atoms with Crippen LogP contribution >= 0.6 is 23.2 Å². The Labute approximate surface area is 163 Å². The Morgan fingerprint density at radius 2 is 2.04 bits per heavy atom. The van der Waals surface area contributed by atoms with Crippen LogP contribution in [0.5, 0.6) is 0 Å². The fourth-order valence-electron chi connectivity index (χ4n) is 2.43.